The van der Waals surface area contributed by atoms with Crippen molar-refractivity contribution in [3.05, 3.63) is 0 Å². The lowest BCUT2D eigenvalue weighted by Gasteiger charge is -2.57. The van der Waals surface area contributed by atoms with E-state index in [2.05, 4.69) is 4.74 Å². The summed E-state index contributed by atoms with van der Waals surface area (Å²) in [6.45, 7) is -0.677. The predicted octanol–water partition coefficient (Wildman–Crippen LogP) is 2.56. The Balaban J connectivity index is 1.61. The van der Waals surface area contributed by atoms with E-state index in [1.54, 1.807) is 0 Å². The largest absolute Gasteiger partial charge is 0.449 e. The van der Waals surface area contributed by atoms with Crippen molar-refractivity contribution in [3.8, 4) is 0 Å². The molecule has 4 bridgehead atoms. The highest BCUT2D eigenvalue weighted by atomic mass is 19.4. The van der Waals surface area contributed by atoms with Crippen molar-refractivity contribution in [2.45, 2.75) is 49.2 Å². The van der Waals surface area contributed by atoms with Gasteiger partial charge in [-0.2, -0.15) is 22.0 Å². The molecule has 0 amide bonds. The number of hydrogen-bond acceptors (Lipinski definition) is 3. The Morgan fingerprint density at radius 1 is 0.917 bits per heavy atom. The summed E-state index contributed by atoms with van der Waals surface area (Å²) in [7, 11) is 0. The molecule has 0 aromatic carbocycles. The molecule has 8 heteroatoms. The minimum Gasteiger partial charge on any atom is -0.383 e. The molecule has 0 aromatic rings. The van der Waals surface area contributed by atoms with Crippen LogP contribution in [0, 0.1) is 41.4 Å². The van der Waals surface area contributed by atoms with Gasteiger partial charge in [0.1, 0.15) is 5.60 Å². The van der Waals surface area contributed by atoms with Crippen molar-refractivity contribution in [3.63, 3.8) is 0 Å². The maximum Gasteiger partial charge on any atom is 0.449 e. The number of ether oxygens (including phenoxy) is 1. The van der Waals surface area contributed by atoms with Crippen LogP contribution in [-0.4, -0.2) is 40.3 Å². The Labute approximate surface area is 135 Å². The zero-order chi connectivity index (χ0) is 17.3. The zero-order valence-electron chi connectivity index (χ0n) is 12.8. The van der Waals surface area contributed by atoms with Gasteiger partial charge in [0.05, 0.1) is 6.61 Å². The van der Waals surface area contributed by atoms with Crippen molar-refractivity contribution >= 4 is 0 Å². The van der Waals surface area contributed by atoms with E-state index in [1.807, 2.05) is 0 Å². The number of fused-ring (bicyclic) bond motifs is 12. The van der Waals surface area contributed by atoms with E-state index in [0.717, 1.165) is 19.3 Å². The number of hydrogen-bond donors (Lipinski definition) is 2. The number of aliphatic hydroxyl groups is 2. The number of alkyl halides is 5. The highest BCUT2D eigenvalue weighted by molar-refractivity contribution is 5.26. The molecule has 3 nitrogen and oxygen atoms in total. The van der Waals surface area contributed by atoms with Crippen LogP contribution in [-0.2, 0) is 4.74 Å². The third-order valence-corrected chi connectivity index (χ3v) is 7.96. The average Bonchev–Trinajstić information content (AvgIpc) is 3.20. The van der Waals surface area contributed by atoms with E-state index in [0.29, 0.717) is 12.3 Å². The lowest BCUT2D eigenvalue weighted by molar-refractivity contribution is -0.487. The fourth-order valence-corrected chi connectivity index (χ4v) is 7.28. The van der Waals surface area contributed by atoms with Crippen LogP contribution in [0.15, 0.2) is 0 Å². The summed E-state index contributed by atoms with van der Waals surface area (Å²) in [5.41, 5.74) is -2.84. The molecule has 5 fully saturated rings. The van der Waals surface area contributed by atoms with Gasteiger partial charge in [0.25, 0.3) is 0 Å². The molecule has 1 saturated heterocycles. The van der Waals surface area contributed by atoms with Gasteiger partial charge < -0.3 is 14.9 Å². The average molecular weight is 354 g/mol. The van der Waals surface area contributed by atoms with Gasteiger partial charge in [-0.3, -0.25) is 0 Å². The van der Waals surface area contributed by atoms with Gasteiger partial charge in [-0.25, -0.2) is 0 Å². The lowest BCUT2D eigenvalue weighted by atomic mass is 9.58. The van der Waals surface area contributed by atoms with Crippen molar-refractivity contribution in [2.24, 2.45) is 41.4 Å². The van der Waals surface area contributed by atoms with Crippen LogP contribution in [0.4, 0.5) is 22.0 Å². The molecule has 4 aliphatic carbocycles. The summed E-state index contributed by atoms with van der Waals surface area (Å²) in [6.07, 6.45) is -2.48. The molecule has 1 aliphatic heterocycles. The molecule has 1 heterocycles. The first-order valence-electron chi connectivity index (χ1n) is 8.57. The van der Waals surface area contributed by atoms with E-state index in [-0.39, 0.29) is 23.7 Å². The highest BCUT2D eigenvalue weighted by Gasteiger charge is 2.87. The van der Waals surface area contributed by atoms with E-state index in [1.165, 1.54) is 0 Å². The summed E-state index contributed by atoms with van der Waals surface area (Å²) < 4.78 is 73.6. The molecule has 0 radical (unpaired) electrons. The molecular formula is C16H19F5O3. The smallest absolute Gasteiger partial charge is 0.383 e. The van der Waals surface area contributed by atoms with Crippen LogP contribution in [0.25, 0.3) is 0 Å². The van der Waals surface area contributed by atoms with Crippen molar-refractivity contribution < 1.29 is 36.9 Å². The Morgan fingerprint density at radius 2 is 1.54 bits per heavy atom. The van der Waals surface area contributed by atoms with Gasteiger partial charge in [0.2, 0.25) is 0 Å². The van der Waals surface area contributed by atoms with Gasteiger partial charge in [-0.15, -0.1) is 0 Å². The van der Waals surface area contributed by atoms with E-state index in [4.69, 9.17) is 0 Å². The first-order valence-corrected chi connectivity index (χ1v) is 8.57. The van der Waals surface area contributed by atoms with E-state index < -0.39 is 41.9 Å². The van der Waals surface area contributed by atoms with Crippen molar-refractivity contribution in [1.29, 1.82) is 0 Å². The molecule has 0 aromatic heterocycles. The van der Waals surface area contributed by atoms with Crippen LogP contribution in [0.3, 0.4) is 0 Å². The van der Waals surface area contributed by atoms with Gasteiger partial charge >= 0.3 is 17.9 Å². The van der Waals surface area contributed by atoms with E-state index >= 15 is 0 Å². The van der Waals surface area contributed by atoms with Crippen molar-refractivity contribution in [2.75, 3.05) is 6.61 Å². The molecule has 2 N–H and O–H groups in total. The molecule has 5 aliphatic rings. The molecule has 5 rings (SSSR count). The van der Waals surface area contributed by atoms with Gasteiger partial charge in [0.15, 0.2) is 0 Å². The highest BCUT2D eigenvalue weighted by Crippen LogP contribution is 2.75. The molecule has 9 unspecified atom stereocenters. The third-order valence-electron chi connectivity index (χ3n) is 7.96. The Bertz CT molecular complexity index is 595. The summed E-state index contributed by atoms with van der Waals surface area (Å²) in [5.74, 6) is -10.8. The normalized spacial score (nSPS) is 60.4. The van der Waals surface area contributed by atoms with Crippen LogP contribution >= 0.6 is 0 Å². The first kappa shape index (κ1) is 15.8. The molecule has 0 spiro atoms. The standard InChI is InChI=1S/C16H19F5O3/c17-14(18)13(22)9-4-8(11-6-1-2-7(3-6)12(9)11)10(13)5-24-15(14,23)16(19,20)21/h6-12,22-23H,1-5H2. The summed E-state index contributed by atoms with van der Waals surface area (Å²) in [4.78, 5) is 0. The number of halogens is 5. The second kappa shape index (κ2) is 4.09. The quantitative estimate of drug-likeness (QED) is 0.519. The fraction of sp³-hybridized carbons (Fsp3) is 1.00. The second-order valence-electron chi connectivity index (χ2n) is 8.45. The first-order chi connectivity index (χ1) is 11.0. The summed E-state index contributed by atoms with van der Waals surface area (Å²) in [6, 6.07) is 0. The lowest BCUT2D eigenvalue weighted by Crippen LogP contribution is -2.78. The Morgan fingerprint density at radius 3 is 2.17 bits per heavy atom. The van der Waals surface area contributed by atoms with Crippen LogP contribution in [0.5, 0.6) is 0 Å². The molecule has 4 saturated carbocycles. The van der Waals surface area contributed by atoms with Gasteiger partial charge in [0, 0.05) is 5.92 Å². The van der Waals surface area contributed by atoms with Crippen LogP contribution < -0.4 is 0 Å². The monoisotopic (exact) mass is 354 g/mol. The Hall–Kier alpha value is -0.470. The fourth-order valence-electron chi connectivity index (χ4n) is 7.28. The van der Waals surface area contributed by atoms with Gasteiger partial charge in [-0.05, 0) is 61.2 Å². The maximum atomic E-state index is 14.9. The van der Waals surface area contributed by atoms with Crippen LogP contribution in [0.1, 0.15) is 25.7 Å². The molecule has 24 heavy (non-hydrogen) atoms. The minimum absolute atomic E-state index is 0.142. The SMILES string of the molecule is OC12C(COC(O)(C(F)(F)F)C1(F)F)C1CC2C2C3CCC(C3)C12. The minimum atomic E-state index is -5.67. The van der Waals surface area contributed by atoms with Gasteiger partial charge in [-0.1, -0.05) is 0 Å². The topological polar surface area (TPSA) is 49.7 Å². The second-order valence-corrected chi connectivity index (χ2v) is 8.45. The van der Waals surface area contributed by atoms with Crippen LogP contribution in [0.2, 0.25) is 0 Å². The van der Waals surface area contributed by atoms with Crippen molar-refractivity contribution in [1.82, 2.24) is 0 Å². The summed E-state index contributed by atoms with van der Waals surface area (Å²) in [5, 5.41) is 20.6. The van der Waals surface area contributed by atoms with E-state index in [9.17, 15) is 32.2 Å². The third kappa shape index (κ3) is 1.37. The predicted molar refractivity (Wildman–Crippen MR) is 69.8 cm³/mol. The zero-order valence-corrected chi connectivity index (χ0v) is 12.8. The number of rotatable bonds is 0. The molecule has 136 valence electrons. The maximum absolute atomic E-state index is 14.9. The summed E-state index contributed by atoms with van der Waals surface area (Å²) >= 11 is 0. The molecular weight excluding hydrogens is 335 g/mol. The Kier molecular flexibility index (Phi) is 2.69. The molecule has 9 atom stereocenters.